The van der Waals surface area contributed by atoms with Crippen LogP contribution in [0.1, 0.15) is 18.4 Å². The van der Waals surface area contributed by atoms with Gasteiger partial charge < -0.3 is 5.11 Å². The van der Waals surface area contributed by atoms with Gasteiger partial charge in [0.25, 0.3) is 0 Å². The van der Waals surface area contributed by atoms with E-state index in [1.54, 1.807) is 0 Å². The molecule has 3 rings (SSSR count). The molecular formula is C17H19NO2. The molecule has 104 valence electrons. The SMILES string of the molecule is O=C(O)C1CCN(Cc2cccc3ccccc23)CC1. The number of carbonyl (C=O) groups is 1. The number of hydrogen-bond donors (Lipinski definition) is 1. The molecule has 2 aromatic rings. The van der Waals surface area contributed by atoms with Crippen molar-refractivity contribution in [3.8, 4) is 0 Å². The van der Waals surface area contributed by atoms with E-state index in [0.717, 1.165) is 32.5 Å². The number of carboxylic acids is 1. The van der Waals surface area contributed by atoms with Crippen molar-refractivity contribution in [2.45, 2.75) is 19.4 Å². The van der Waals surface area contributed by atoms with Crippen LogP contribution >= 0.6 is 0 Å². The highest BCUT2D eigenvalue weighted by molar-refractivity contribution is 5.85. The van der Waals surface area contributed by atoms with Gasteiger partial charge in [0.1, 0.15) is 0 Å². The van der Waals surface area contributed by atoms with Gasteiger partial charge in [0.2, 0.25) is 0 Å². The number of nitrogens with zero attached hydrogens (tertiary/aromatic N) is 1. The zero-order valence-electron chi connectivity index (χ0n) is 11.5. The Kier molecular flexibility index (Phi) is 3.70. The number of piperidine rings is 1. The molecule has 0 aliphatic carbocycles. The molecular weight excluding hydrogens is 250 g/mol. The fourth-order valence-corrected chi connectivity index (χ4v) is 3.01. The molecule has 1 heterocycles. The van der Waals surface area contributed by atoms with Crippen LogP contribution in [0.5, 0.6) is 0 Å². The van der Waals surface area contributed by atoms with Crippen LogP contribution in [-0.2, 0) is 11.3 Å². The topological polar surface area (TPSA) is 40.5 Å². The fraction of sp³-hybridized carbons (Fsp3) is 0.353. The van der Waals surface area contributed by atoms with Crippen molar-refractivity contribution in [2.24, 2.45) is 5.92 Å². The maximum absolute atomic E-state index is 11.0. The molecule has 3 nitrogen and oxygen atoms in total. The summed E-state index contributed by atoms with van der Waals surface area (Å²) in [4.78, 5) is 13.3. The third-order valence-electron chi connectivity index (χ3n) is 4.21. The molecule has 1 saturated heterocycles. The van der Waals surface area contributed by atoms with Gasteiger partial charge in [-0.05, 0) is 42.3 Å². The number of aliphatic carboxylic acids is 1. The minimum Gasteiger partial charge on any atom is -0.481 e. The van der Waals surface area contributed by atoms with Crippen LogP contribution in [0, 0.1) is 5.92 Å². The second-order valence-corrected chi connectivity index (χ2v) is 5.53. The maximum atomic E-state index is 11.0. The molecule has 2 aromatic carbocycles. The molecule has 3 heteroatoms. The van der Waals surface area contributed by atoms with Crippen molar-refractivity contribution in [1.82, 2.24) is 4.90 Å². The molecule has 0 spiro atoms. The summed E-state index contributed by atoms with van der Waals surface area (Å²) in [6, 6.07) is 14.8. The summed E-state index contributed by atoms with van der Waals surface area (Å²) in [7, 11) is 0. The minimum atomic E-state index is -0.644. The van der Waals surface area contributed by atoms with Crippen molar-refractivity contribution in [2.75, 3.05) is 13.1 Å². The van der Waals surface area contributed by atoms with Gasteiger partial charge in [0, 0.05) is 6.54 Å². The molecule has 1 fully saturated rings. The van der Waals surface area contributed by atoms with Crippen LogP contribution in [0.25, 0.3) is 10.8 Å². The molecule has 1 aliphatic heterocycles. The van der Waals surface area contributed by atoms with Crippen molar-refractivity contribution < 1.29 is 9.90 Å². The van der Waals surface area contributed by atoms with Crippen LogP contribution in [0.3, 0.4) is 0 Å². The van der Waals surface area contributed by atoms with Gasteiger partial charge in [-0.3, -0.25) is 9.69 Å². The summed E-state index contributed by atoms with van der Waals surface area (Å²) in [5.41, 5.74) is 1.33. The van der Waals surface area contributed by atoms with E-state index in [9.17, 15) is 4.79 Å². The predicted molar refractivity (Wildman–Crippen MR) is 79.6 cm³/mol. The molecule has 0 unspecified atom stereocenters. The zero-order chi connectivity index (χ0) is 13.9. The molecule has 1 aliphatic rings. The molecule has 0 amide bonds. The Morgan fingerprint density at radius 2 is 1.80 bits per heavy atom. The van der Waals surface area contributed by atoms with E-state index >= 15 is 0 Å². The highest BCUT2D eigenvalue weighted by atomic mass is 16.4. The zero-order valence-corrected chi connectivity index (χ0v) is 11.5. The Labute approximate surface area is 118 Å². The smallest absolute Gasteiger partial charge is 0.306 e. The van der Waals surface area contributed by atoms with Crippen LogP contribution in [-0.4, -0.2) is 29.1 Å². The van der Waals surface area contributed by atoms with E-state index in [0.29, 0.717) is 0 Å². The van der Waals surface area contributed by atoms with Crippen LogP contribution < -0.4 is 0 Å². The average molecular weight is 269 g/mol. The van der Waals surface area contributed by atoms with E-state index in [1.165, 1.54) is 16.3 Å². The first-order valence-electron chi connectivity index (χ1n) is 7.16. The molecule has 0 aromatic heterocycles. The van der Waals surface area contributed by atoms with E-state index in [4.69, 9.17) is 5.11 Å². The first-order valence-corrected chi connectivity index (χ1v) is 7.16. The highest BCUT2D eigenvalue weighted by Crippen LogP contribution is 2.23. The molecule has 1 N–H and O–H groups in total. The summed E-state index contributed by atoms with van der Waals surface area (Å²) < 4.78 is 0. The Morgan fingerprint density at radius 3 is 2.55 bits per heavy atom. The number of carboxylic acid groups (broad SMARTS) is 1. The summed E-state index contributed by atoms with van der Waals surface area (Å²) in [5, 5.41) is 11.6. The standard InChI is InChI=1S/C17H19NO2/c19-17(20)14-8-10-18(11-9-14)12-15-6-3-5-13-4-1-2-7-16(13)15/h1-7,14H,8-12H2,(H,19,20). The monoisotopic (exact) mass is 269 g/mol. The largest absolute Gasteiger partial charge is 0.481 e. The van der Waals surface area contributed by atoms with E-state index in [1.807, 2.05) is 0 Å². The van der Waals surface area contributed by atoms with Crippen molar-refractivity contribution in [3.63, 3.8) is 0 Å². The van der Waals surface area contributed by atoms with E-state index < -0.39 is 5.97 Å². The third kappa shape index (κ3) is 2.68. The molecule has 20 heavy (non-hydrogen) atoms. The Hall–Kier alpha value is -1.87. The first kappa shape index (κ1) is 13.1. The van der Waals surface area contributed by atoms with Crippen molar-refractivity contribution >= 4 is 16.7 Å². The second kappa shape index (κ2) is 5.63. The third-order valence-corrected chi connectivity index (χ3v) is 4.21. The van der Waals surface area contributed by atoms with Gasteiger partial charge in [-0.2, -0.15) is 0 Å². The lowest BCUT2D eigenvalue weighted by Crippen LogP contribution is -2.35. The van der Waals surface area contributed by atoms with E-state index in [-0.39, 0.29) is 5.92 Å². The molecule has 0 bridgehead atoms. The average Bonchev–Trinajstić information content (AvgIpc) is 2.48. The lowest BCUT2D eigenvalue weighted by molar-refractivity contribution is -0.143. The van der Waals surface area contributed by atoms with Gasteiger partial charge in [-0.25, -0.2) is 0 Å². The number of hydrogen-bond acceptors (Lipinski definition) is 2. The lowest BCUT2D eigenvalue weighted by atomic mass is 9.96. The number of benzene rings is 2. The summed E-state index contributed by atoms with van der Waals surface area (Å²) in [5.74, 6) is -0.798. The number of likely N-dealkylation sites (tertiary alicyclic amines) is 1. The minimum absolute atomic E-state index is 0.154. The predicted octanol–water partition coefficient (Wildman–Crippen LogP) is 3.14. The first-order chi connectivity index (χ1) is 9.74. The van der Waals surface area contributed by atoms with Gasteiger partial charge in [0.05, 0.1) is 5.92 Å². The van der Waals surface area contributed by atoms with Crippen LogP contribution in [0.4, 0.5) is 0 Å². The number of rotatable bonds is 3. The Balaban J connectivity index is 1.73. The van der Waals surface area contributed by atoms with Gasteiger partial charge in [0.15, 0.2) is 0 Å². The molecule has 0 atom stereocenters. The molecule has 0 saturated carbocycles. The van der Waals surface area contributed by atoms with Crippen LogP contribution in [0.15, 0.2) is 42.5 Å². The molecule has 0 radical (unpaired) electrons. The maximum Gasteiger partial charge on any atom is 0.306 e. The van der Waals surface area contributed by atoms with E-state index in [2.05, 4.69) is 47.4 Å². The fourth-order valence-electron chi connectivity index (χ4n) is 3.01. The quantitative estimate of drug-likeness (QED) is 0.930. The summed E-state index contributed by atoms with van der Waals surface area (Å²) in [6.45, 7) is 2.66. The second-order valence-electron chi connectivity index (χ2n) is 5.53. The summed E-state index contributed by atoms with van der Waals surface area (Å²) in [6.07, 6.45) is 1.53. The highest BCUT2D eigenvalue weighted by Gasteiger charge is 2.24. The van der Waals surface area contributed by atoms with Crippen LogP contribution in [0.2, 0.25) is 0 Å². The lowest BCUT2D eigenvalue weighted by Gasteiger charge is -2.30. The van der Waals surface area contributed by atoms with Gasteiger partial charge in [-0.15, -0.1) is 0 Å². The number of fused-ring (bicyclic) bond motifs is 1. The van der Waals surface area contributed by atoms with Crippen molar-refractivity contribution in [3.05, 3.63) is 48.0 Å². The summed E-state index contributed by atoms with van der Waals surface area (Å²) >= 11 is 0. The van der Waals surface area contributed by atoms with Crippen molar-refractivity contribution in [1.29, 1.82) is 0 Å². The Morgan fingerprint density at radius 1 is 1.10 bits per heavy atom. The Bertz CT molecular complexity index is 610. The normalized spacial score (nSPS) is 17.4. The van der Waals surface area contributed by atoms with Gasteiger partial charge >= 0.3 is 5.97 Å². The van der Waals surface area contributed by atoms with Gasteiger partial charge in [-0.1, -0.05) is 42.5 Å².